The maximum atomic E-state index is 11.4. The molecular weight excluding hydrogens is 228 g/mol. The van der Waals surface area contributed by atoms with Crippen LogP contribution in [0.5, 0.6) is 5.88 Å². The fraction of sp³-hybridized carbons (Fsp3) is 0.600. The lowest BCUT2D eigenvalue weighted by Crippen LogP contribution is -2.53. The molecule has 1 rings (SSSR count). The first-order chi connectivity index (χ1) is 7.99. The number of aliphatic hydroxyl groups is 2. The number of hydrogen-bond donors (Lipinski definition) is 3. The van der Waals surface area contributed by atoms with Gasteiger partial charge in [0.2, 0.25) is 0 Å². The van der Waals surface area contributed by atoms with Gasteiger partial charge >= 0.3 is 0 Å². The molecule has 0 aromatic carbocycles. The molecule has 0 fully saturated rings. The fourth-order valence-electron chi connectivity index (χ4n) is 1.05. The van der Waals surface area contributed by atoms with Crippen LogP contribution in [0.2, 0.25) is 0 Å². The van der Waals surface area contributed by atoms with Crippen LogP contribution in [0.15, 0.2) is 10.6 Å². The van der Waals surface area contributed by atoms with E-state index in [0.717, 1.165) is 0 Å². The highest BCUT2D eigenvalue weighted by atomic mass is 16.5. The van der Waals surface area contributed by atoms with E-state index in [9.17, 15) is 4.79 Å². The number of carbonyl (C=O) groups is 1. The van der Waals surface area contributed by atoms with Crippen LogP contribution in [-0.2, 0) is 4.79 Å². The van der Waals surface area contributed by atoms with Gasteiger partial charge in [0.15, 0.2) is 6.61 Å². The van der Waals surface area contributed by atoms with Crippen LogP contribution < -0.4 is 10.1 Å². The van der Waals surface area contributed by atoms with Crippen LogP contribution in [0, 0.1) is 6.92 Å². The summed E-state index contributed by atoms with van der Waals surface area (Å²) in [5, 5.41) is 24.0. The number of amides is 1. The molecule has 0 saturated carbocycles. The monoisotopic (exact) mass is 244 g/mol. The molecule has 7 heteroatoms. The molecular formula is C10H16N2O5. The summed E-state index contributed by atoms with van der Waals surface area (Å²) in [5.74, 6) is 0.333. The van der Waals surface area contributed by atoms with Gasteiger partial charge < -0.3 is 24.8 Å². The van der Waals surface area contributed by atoms with Crippen molar-refractivity contribution in [1.29, 1.82) is 0 Å². The Labute approximate surface area is 98.4 Å². The molecule has 0 aliphatic rings. The highest BCUT2D eigenvalue weighted by Crippen LogP contribution is 2.09. The van der Waals surface area contributed by atoms with Crippen LogP contribution >= 0.6 is 0 Å². The average molecular weight is 244 g/mol. The molecule has 7 nitrogen and oxygen atoms in total. The van der Waals surface area contributed by atoms with E-state index in [0.29, 0.717) is 5.76 Å². The highest BCUT2D eigenvalue weighted by molar-refractivity contribution is 5.78. The molecule has 1 aromatic rings. The molecule has 96 valence electrons. The summed E-state index contributed by atoms with van der Waals surface area (Å²) in [6, 6.07) is 1.55. The number of aromatic nitrogens is 1. The summed E-state index contributed by atoms with van der Waals surface area (Å²) >= 11 is 0. The summed E-state index contributed by atoms with van der Waals surface area (Å²) in [6.45, 7) is 2.23. The van der Waals surface area contributed by atoms with E-state index in [1.54, 1.807) is 13.0 Å². The largest absolute Gasteiger partial charge is 0.465 e. The van der Waals surface area contributed by atoms with Crippen molar-refractivity contribution in [3.05, 3.63) is 11.8 Å². The number of nitrogens with zero attached hydrogens (tertiary/aromatic N) is 1. The van der Waals surface area contributed by atoms with E-state index < -0.39 is 11.4 Å². The van der Waals surface area contributed by atoms with Gasteiger partial charge in [0.25, 0.3) is 11.8 Å². The minimum atomic E-state index is -1.06. The summed E-state index contributed by atoms with van der Waals surface area (Å²) < 4.78 is 9.80. The summed E-state index contributed by atoms with van der Waals surface area (Å²) in [7, 11) is 0. The summed E-state index contributed by atoms with van der Waals surface area (Å²) in [5.41, 5.74) is -1.06. The first kappa shape index (κ1) is 13.5. The topological polar surface area (TPSA) is 105 Å². The molecule has 1 heterocycles. The number of nitrogens with one attached hydrogen (secondary N) is 1. The number of rotatable bonds is 6. The minimum Gasteiger partial charge on any atom is -0.465 e. The molecule has 1 aromatic heterocycles. The van der Waals surface area contributed by atoms with Gasteiger partial charge in [-0.25, -0.2) is 0 Å². The van der Waals surface area contributed by atoms with Gasteiger partial charge in [-0.05, 0) is 19.0 Å². The molecule has 0 aliphatic heterocycles. The Balaban J connectivity index is 2.40. The molecule has 3 N–H and O–H groups in total. The predicted molar refractivity (Wildman–Crippen MR) is 57.5 cm³/mol. The Morgan fingerprint density at radius 3 is 2.71 bits per heavy atom. The Kier molecular flexibility index (Phi) is 4.47. The lowest BCUT2D eigenvalue weighted by molar-refractivity contribution is -0.126. The smallest absolute Gasteiger partial charge is 0.258 e. The van der Waals surface area contributed by atoms with E-state index in [1.165, 1.54) is 6.92 Å². The molecule has 0 atom stereocenters. The van der Waals surface area contributed by atoms with Crippen molar-refractivity contribution in [3.63, 3.8) is 0 Å². The molecule has 0 radical (unpaired) electrons. The zero-order valence-electron chi connectivity index (χ0n) is 9.77. The van der Waals surface area contributed by atoms with Crippen molar-refractivity contribution in [1.82, 2.24) is 10.5 Å². The quantitative estimate of drug-likeness (QED) is 0.606. The summed E-state index contributed by atoms with van der Waals surface area (Å²) in [6.07, 6.45) is 0. The van der Waals surface area contributed by atoms with E-state index >= 15 is 0 Å². The molecule has 0 spiro atoms. The lowest BCUT2D eigenvalue weighted by Gasteiger charge is -2.25. The van der Waals surface area contributed by atoms with Gasteiger partial charge in [0.05, 0.1) is 18.8 Å². The van der Waals surface area contributed by atoms with Gasteiger partial charge in [-0.15, -0.1) is 0 Å². The summed E-state index contributed by atoms with van der Waals surface area (Å²) in [4.78, 5) is 11.4. The van der Waals surface area contributed by atoms with Crippen LogP contribution in [0.1, 0.15) is 12.7 Å². The maximum absolute atomic E-state index is 11.4. The maximum Gasteiger partial charge on any atom is 0.258 e. The molecule has 1 amide bonds. The third-order valence-electron chi connectivity index (χ3n) is 2.10. The lowest BCUT2D eigenvalue weighted by atomic mass is 10.1. The number of ether oxygens (including phenoxy) is 1. The number of hydrogen-bond acceptors (Lipinski definition) is 6. The Bertz CT molecular complexity index is 373. The second-order valence-electron chi connectivity index (χ2n) is 3.99. The Hall–Kier alpha value is -1.60. The predicted octanol–water partition coefficient (Wildman–Crippen LogP) is -0.779. The van der Waals surface area contributed by atoms with Gasteiger partial charge in [-0.1, -0.05) is 0 Å². The van der Waals surface area contributed by atoms with Crippen molar-refractivity contribution >= 4 is 5.91 Å². The molecule has 0 saturated heterocycles. The van der Waals surface area contributed by atoms with Gasteiger partial charge in [0, 0.05) is 6.07 Å². The Morgan fingerprint density at radius 2 is 2.24 bits per heavy atom. The van der Waals surface area contributed by atoms with E-state index in [-0.39, 0.29) is 25.7 Å². The third kappa shape index (κ3) is 4.04. The second kappa shape index (κ2) is 5.65. The van der Waals surface area contributed by atoms with Crippen molar-refractivity contribution in [3.8, 4) is 5.88 Å². The number of carbonyl (C=O) groups excluding carboxylic acids is 1. The zero-order valence-corrected chi connectivity index (χ0v) is 9.77. The normalized spacial score (nSPS) is 11.3. The second-order valence-corrected chi connectivity index (χ2v) is 3.99. The minimum absolute atomic E-state index is 0.215. The Morgan fingerprint density at radius 1 is 1.59 bits per heavy atom. The van der Waals surface area contributed by atoms with Crippen molar-refractivity contribution in [2.24, 2.45) is 0 Å². The molecule has 17 heavy (non-hydrogen) atoms. The van der Waals surface area contributed by atoms with Crippen LogP contribution in [0.3, 0.4) is 0 Å². The van der Waals surface area contributed by atoms with Gasteiger partial charge in [0.1, 0.15) is 5.76 Å². The van der Waals surface area contributed by atoms with Crippen molar-refractivity contribution < 1.29 is 24.3 Å². The van der Waals surface area contributed by atoms with Crippen molar-refractivity contribution in [2.75, 3.05) is 19.8 Å². The zero-order chi connectivity index (χ0) is 12.9. The fourth-order valence-corrected chi connectivity index (χ4v) is 1.05. The highest BCUT2D eigenvalue weighted by Gasteiger charge is 2.24. The van der Waals surface area contributed by atoms with Gasteiger partial charge in [-0.3, -0.25) is 4.79 Å². The molecule has 0 aliphatic carbocycles. The van der Waals surface area contributed by atoms with Crippen molar-refractivity contribution in [2.45, 2.75) is 19.4 Å². The molecule has 0 bridgehead atoms. The van der Waals surface area contributed by atoms with Crippen LogP contribution in [0.4, 0.5) is 0 Å². The standard InChI is InChI=1S/C10H16N2O5/c1-7-3-9(12-17-7)16-4-8(15)11-10(2,5-13)6-14/h3,13-14H,4-6H2,1-2H3,(H,11,15). The van der Waals surface area contributed by atoms with E-state index in [1.807, 2.05) is 0 Å². The SMILES string of the molecule is Cc1cc(OCC(=O)NC(C)(CO)CO)no1. The van der Waals surface area contributed by atoms with Gasteiger partial charge in [-0.2, -0.15) is 0 Å². The van der Waals surface area contributed by atoms with E-state index in [2.05, 4.69) is 10.5 Å². The average Bonchev–Trinajstić information content (AvgIpc) is 2.72. The first-order valence-corrected chi connectivity index (χ1v) is 5.08. The van der Waals surface area contributed by atoms with Crippen LogP contribution in [0.25, 0.3) is 0 Å². The third-order valence-corrected chi connectivity index (χ3v) is 2.10. The number of aliphatic hydroxyl groups excluding tert-OH is 2. The first-order valence-electron chi connectivity index (χ1n) is 5.08. The number of aryl methyl sites for hydroxylation is 1. The molecule has 0 unspecified atom stereocenters. The van der Waals surface area contributed by atoms with Crippen LogP contribution in [-0.4, -0.2) is 46.6 Å². The van der Waals surface area contributed by atoms with E-state index in [4.69, 9.17) is 19.5 Å².